The van der Waals surface area contributed by atoms with E-state index in [2.05, 4.69) is 31.9 Å². The minimum atomic E-state index is -3.13. The van der Waals surface area contributed by atoms with E-state index in [1.165, 1.54) is 24.5 Å². The van der Waals surface area contributed by atoms with Crippen LogP contribution in [0.3, 0.4) is 0 Å². The predicted octanol–water partition coefficient (Wildman–Crippen LogP) is 2.34. The molecule has 0 bridgehead atoms. The SMILES string of the molecule is Nc1ncc(C#Cc2cc(C(=O)N[C@H]3CC(F)(F)CC[C@@H]3O)ccc2OC(F)F)cn1. The van der Waals surface area contributed by atoms with E-state index >= 15 is 0 Å². The number of carbonyl (C=O) groups is 1. The largest absolute Gasteiger partial charge is 0.434 e. The van der Waals surface area contributed by atoms with Crippen molar-refractivity contribution in [2.45, 2.75) is 43.9 Å². The highest BCUT2D eigenvalue weighted by Crippen LogP contribution is 2.33. The van der Waals surface area contributed by atoms with Crippen molar-refractivity contribution in [3.05, 3.63) is 47.3 Å². The summed E-state index contributed by atoms with van der Waals surface area (Å²) in [5.74, 6) is 1.23. The molecule has 1 heterocycles. The Morgan fingerprint density at radius 3 is 2.68 bits per heavy atom. The molecule has 1 amide bonds. The van der Waals surface area contributed by atoms with Gasteiger partial charge in [0.2, 0.25) is 11.9 Å². The summed E-state index contributed by atoms with van der Waals surface area (Å²) in [6.07, 6.45) is 0.216. The van der Waals surface area contributed by atoms with Gasteiger partial charge in [-0.25, -0.2) is 18.7 Å². The second-order valence-corrected chi connectivity index (χ2v) is 6.92. The van der Waals surface area contributed by atoms with Crippen molar-refractivity contribution in [2.75, 3.05) is 5.73 Å². The number of alkyl halides is 4. The molecule has 4 N–H and O–H groups in total. The lowest BCUT2D eigenvalue weighted by Crippen LogP contribution is -2.50. The molecule has 2 aromatic rings. The predicted molar refractivity (Wildman–Crippen MR) is 102 cm³/mol. The van der Waals surface area contributed by atoms with Crippen LogP contribution in [0.1, 0.15) is 40.7 Å². The van der Waals surface area contributed by atoms with Gasteiger partial charge >= 0.3 is 6.61 Å². The van der Waals surface area contributed by atoms with Crippen LogP contribution in [0, 0.1) is 11.8 Å². The third kappa shape index (κ3) is 6.05. The maximum absolute atomic E-state index is 13.6. The fourth-order valence-electron chi connectivity index (χ4n) is 3.03. The maximum Gasteiger partial charge on any atom is 0.387 e. The number of aromatic nitrogens is 2. The molecular formula is C20H18F4N4O3. The smallest absolute Gasteiger partial charge is 0.387 e. The summed E-state index contributed by atoms with van der Waals surface area (Å²) in [5, 5.41) is 12.3. The standard InChI is InChI=1S/C20H18F4N4O3/c21-18(22)31-16-4-3-13(7-12(16)2-1-11-9-26-19(25)27-10-11)17(30)28-14-8-20(23,24)6-5-15(14)29/h3-4,7,9-10,14-15,18,29H,5-6,8H2,(H,28,30)(H2,25,26,27)/t14-,15-/m0/s1. The van der Waals surface area contributed by atoms with E-state index in [1.807, 2.05) is 0 Å². The number of anilines is 1. The van der Waals surface area contributed by atoms with Crippen LogP contribution < -0.4 is 15.8 Å². The molecule has 1 aromatic heterocycles. The highest BCUT2D eigenvalue weighted by molar-refractivity contribution is 5.95. The van der Waals surface area contributed by atoms with Crippen LogP contribution in [0.5, 0.6) is 5.75 Å². The molecule has 0 saturated heterocycles. The number of nitrogens with two attached hydrogens (primary N) is 1. The molecule has 0 aliphatic heterocycles. The fraction of sp³-hybridized carbons (Fsp3) is 0.350. The lowest BCUT2D eigenvalue weighted by atomic mass is 9.89. The molecular weight excluding hydrogens is 420 g/mol. The van der Waals surface area contributed by atoms with Crippen LogP contribution in [-0.4, -0.2) is 45.7 Å². The summed E-state index contributed by atoms with van der Waals surface area (Å²) < 4.78 is 57.1. The van der Waals surface area contributed by atoms with Gasteiger partial charge in [0.15, 0.2) is 0 Å². The molecule has 11 heteroatoms. The molecule has 7 nitrogen and oxygen atoms in total. The van der Waals surface area contributed by atoms with E-state index in [4.69, 9.17) is 5.73 Å². The van der Waals surface area contributed by atoms with E-state index in [0.717, 1.165) is 6.07 Å². The van der Waals surface area contributed by atoms with Crippen molar-refractivity contribution in [2.24, 2.45) is 0 Å². The lowest BCUT2D eigenvalue weighted by molar-refractivity contribution is -0.0768. The van der Waals surface area contributed by atoms with Gasteiger partial charge in [-0.15, -0.1) is 0 Å². The zero-order valence-corrected chi connectivity index (χ0v) is 16.0. The Labute approximate surface area is 174 Å². The normalized spacial score (nSPS) is 19.9. The minimum absolute atomic E-state index is 0.0273. The first kappa shape index (κ1) is 22.3. The van der Waals surface area contributed by atoms with E-state index in [1.54, 1.807) is 0 Å². The van der Waals surface area contributed by atoms with Gasteiger partial charge in [-0.05, 0) is 24.6 Å². The Kier molecular flexibility index (Phi) is 6.60. The maximum atomic E-state index is 13.6. The molecule has 0 radical (unpaired) electrons. The molecule has 31 heavy (non-hydrogen) atoms. The van der Waals surface area contributed by atoms with E-state index in [0.29, 0.717) is 5.56 Å². The highest BCUT2D eigenvalue weighted by Gasteiger charge is 2.41. The Balaban J connectivity index is 1.85. The number of nitrogen functional groups attached to an aromatic ring is 1. The van der Waals surface area contributed by atoms with Crippen molar-refractivity contribution in [1.29, 1.82) is 0 Å². The molecule has 0 unspecified atom stereocenters. The number of rotatable bonds is 4. The number of aliphatic hydroxyl groups excluding tert-OH is 1. The Bertz CT molecular complexity index is 1010. The van der Waals surface area contributed by atoms with Crippen LogP contribution in [0.15, 0.2) is 30.6 Å². The van der Waals surface area contributed by atoms with Gasteiger partial charge in [0, 0.05) is 30.8 Å². The van der Waals surface area contributed by atoms with E-state index < -0.39 is 43.4 Å². The number of carbonyl (C=O) groups excluding carboxylic acids is 1. The number of amides is 1. The summed E-state index contributed by atoms with van der Waals surface area (Å²) in [7, 11) is 0. The van der Waals surface area contributed by atoms with Gasteiger partial charge < -0.3 is 20.9 Å². The Morgan fingerprint density at radius 2 is 2.00 bits per heavy atom. The Hall–Kier alpha value is -3.39. The van der Waals surface area contributed by atoms with Crippen LogP contribution in [0.2, 0.25) is 0 Å². The van der Waals surface area contributed by atoms with Crippen molar-refractivity contribution in [1.82, 2.24) is 15.3 Å². The number of nitrogens with zero attached hydrogens (tertiary/aromatic N) is 2. The molecule has 164 valence electrons. The van der Waals surface area contributed by atoms with Gasteiger partial charge in [-0.2, -0.15) is 8.78 Å². The fourth-order valence-corrected chi connectivity index (χ4v) is 3.03. The van der Waals surface area contributed by atoms with Crippen molar-refractivity contribution in [3.8, 4) is 17.6 Å². The van der Waals surface area contributed by atoms with Crippen molar-refractivity contribution < 1.29 is 32.2 Å². The molecule has 1 saturated carbocycles. The number of hydrogen-bond acceptors (Lipinski definition) is 6. The van der Waals surface area contributed by atoms with Gasteiger partial charge in [-0.1, -0.05) is 11.8 Å². The van der Waals surface area contributed by atoms with Crippen molar-refractivity contribution in [3.63, 3.8) is 0 Å². The van der Waals surface area contributed by atoms with Gasteiger partial charge in [0.05, 0.1) is 23.3 Å². The van der Waals surface area contributed by atoms with Crippen LogP contribution in [-0.2, 0) is 0 Å². The highest BCUT2D eigenvalue weighted by atomic mass is 19.3. The quantitative estimate of drug-likeness (QED) is 0.499. The second-order valence-electron chi connectivity index (χ2n) is 6.92. The molecule has 3 rings (SSSR count). The van der Waals surface area contributed by atoms with Gasteiger partial charge in [0.1, 0.15) is 5.75 Å². The Morgan fingerprint density at radius 1 is 1.29 bits per heavy atom. The zero-order valence-electron chi connectivity index (χ0n) is 16.0. The minimum Gasteiger partial charge on any atom is -0.434 e. The lowest BCUT2D eigenvalue weighted by Gasteiger charge is -2.33. The zero-order chi connectivity index (χ0) is 22.6. The van der Waals surface area contributed by atoms with Gasteiger partial charge in [0.25, 0.3) is 5.91 Å². The van der Waals surface area contributed by atoms with Crippen molar-refractivity contribution >= 4 is 11.9 Å². The second kappa shape index (κ2) is 9.18. The van der Waals surface area contributed by atoms with Crippen LogP contribution in [0.25, 0.3) is 0 Å². The number of nitrogens with one attached hydrogen (secondary N) is 1. The molecule has 1 fully saturated rings. The average Bonchev–Trinajstić information content (AvgIpc) is 2.70. The van der Waals surface area contributed by atoms with E-state index in [9.17, 15) is 27.5 Å². The monoisotopic (exact) mass is 438 g/mol. The van der Waals surface area contributed by atoms with Crippen LogP contribution >= 0.6 is 0 Å². The first-order valence-corrected chi connectivity index (χ1v) is 9.18. The topological polar surface area (TPSA) is 110 Å². The number of aliphatic hydroxyl groups is 1. The molecule has 1 aliphatic rings. The van der Waals surface area contributed by atoms with Gasteiger partial charge in [-0.3, -0.25) is 4.79 Å². The number of halogens is 4. The summed E-state index contributed by atoms with van der Waals surface area (Å²) >= 11 is 0. The third-order valence-electron chi connectivity index (χ3n) is 4.58. The summed E-state index contributed by atoms with van der Waals surface area (Å²) in [6.45, 7) is -3.13. The molecule has 2 atom stereocenters. The number of hydrogen-bond donors (Lipinski definition) is 3. The third-order valence-corrected chi connectivity index (χ3v) is 4.58. The summed E-state index contributed by atoms with van der Waals surface area (Å²) in [4.78, 5) is 20.0. The van der Waals surface area contributed by atoms with Crippen LogP contribution in [0.4, 0.5) is 23.5 Å². The average molecular weight is 438 g/mol. The number of benzene rings is 1. The summed E-state index contributed by atoms with van der Waals surface area (Å²) in [6, 6.07) is 2.36. The summed E-state index contributed by atoms with van der Waals surface area (Å²) in [5.41, 5.74) is 5.65. The van der Waals surface area contributed by atoms with E-state index in [-0.39, 0.29) is 29.2 Å². The number of ether oxygens (including phenoxy) is 1. The molecule has 0 spiro atoms. The first-order chi connectivity index (χ1) is 14.6. The first-order valence-electron chi connectivity index (χ1n) is 9.18. The molecule has 1 aromatic carbocycles. The molecule has 1 aliphatic carbocycles.